The van der Waals surface area contributed by atoms with E-state index < -0.39 is 11.7 Å². The van der Waals surface area contributed by atoms with Crippen LogP contribution in [0.1, 0.15) is 25.1 Å². The molecule has 0 aliphatic carbocycles. The summed E-state index contributed by atoms with van der Waals surface area (Å²) >= 11 is 6.10. The summed E-state index contributed by atoms with van der Waals surface area (Å²) in [7, 11) is 3.37. The molecule has 0 saturated carbocycles. The number of nitrogens with zero attached hydrogens (tertiary/aromatic N) is 2. The second-order valence-electron chi connectivity index (χ2n) is 4.51. The van der Waals surface area contributed by atoms with Crippen LogP contribution in [-0.2, 0) is 18.2 Å². The molecule has 0 aliphatic heterocycles. The van der Waals surface area contributed by atoms with Crippen LogP contribution in [0.2, 0.25) is 5.15 Å². The van der Waals surface area contributed by atoms with E-state index in [-0.39, 0.29) is 0 Å². The van der Waals surface area contributed by atoms with Crippen molar-refractivity contribution in [2.75, 3.05) is 7.11 Å². The smallest absolute Gasteiger partial charge is 0.130 e. The van der Waals surface area contributed by atoms with Crippen LogP contribution in [0, 0.1) is 6.92 Å². The Morgan fingerprint density at radius 2 is 2.12 bits per heavy atom. The standard InChI is InChI=1S/C11H19ClN2O2/c1-7-8(10(12)14(4)13-7)6-9(15)11(2,3)16-5/h9,15H,6H2,1-5H3. The van der Waals surface area contributed by atoms with E-state index in [1.807, 2.05) is 20.8 Å². The number of ether oxygens (including phenoxy) is 1. The van der Waals surface area contributed by atoms with Gasteiger partial charge in [-0.05, 0) is 20.8 Å². The van der Waals surface area contributed by atoms with E-state index in [1.54, 1.807) is 18.8 Å². The summed E-state index contributed by atoms with van der Waals surface area (Å²) in [5, 5.41) is 14.8. The molecule has 1 aromatic rings. The molecule has 0 aliphatic rings. The van der Waals surface area contributed by atoms with Crippen LogP contribution >= 0.6 is 11.6 Å². The Bertz CT molecular complexity index is 374. The highest BCUT2D eigenvalue weighted by Crippen LogP contribution is 2.24. The maximum absolute atomic E-state index is 10.1. The molecule has 5 heteroatoms. The first-order valence-electron chi connectivity index (χ1n) is 5.20. The third-order valence-electron chi connectivity index (χ3n) is 3.00. The number of hydrogen-bond acceptors (Lipinski definition) is 3. The normalized spacial score (nSPS) is 14.2. The number of aryl methyl sites for hydroxylation is 2. The van der Waals surface area contributed by atoms with Gasteiger partial charge in [0.25, 0.3) is 0 Å². The van der Waals surface area contributed by atoms with Crippen LogP contribution in [0.15, 0.2) is 0 Å². The van der Waals surface area contributed by atoms with Crippen LogP contribution in [0.5, 0.6) is 0 Å². The quantitative estimate of drug-likeness (QED) is 0.880. The summed E-state index contributed by atoms with van der Waals surface area (Å²) < 4.78 is 6.85. The largest absolute Gasteiger partial charge is 0.390 e. The Labute approximate surface area is 101 Å². The summed E-state index contributed by atoms with van der Waals surface area (Å²) in [6.07, 6.45) is -0.169. The molecule has 16 heavy (non-hydrogen) atoms. The van der Waals surface area contributed by atoms with Gasteiger partial charge in [0.1, 0.15) is 5.15 Å². The highest BCUT2D eigenvalue weighted by Gasteiger charge is 2.29. The number of methoxy groups -OCH3 is 1. The lowest BCUT2D eigenvalue weighted by Gasteiger charge is -2.29. The fourth-order valence-corrected chi connectivity index (χ4v) is 1.73. The van der Waals surface area contributed by atoms with Gasteiger partial charge < -0.3 is 9.84 Å². The molecule has 92 valence electrons. The highest BCUT2D eigenvalue weighted by atomic mass is 35.5. The average Bonchev–Trinajstić information content (AvgIpc) is 2.45. The summed E-state index contributed by atoms with van der Waals surface area (Å²) in [6.45, 7) is 5.57. The van der Waals surface area contributed by atoms with Crippen molar-refractivity contribution >= 4 is 11.6 Å². The van der Waals surface area contributed by atoms with Crippen LogP contribution in [0.25, 0.3) is 0 Å². The first-order valence-corrected chi connectivity index (χ1v) is 5.58. The monoisotopic (exact) mass is 246 g/mol. The molecule has 1 atom stereocenters. The SMILES string of the molecule is COC(C)(C)C(O)Cc1c(C)nn(C)c1Cl. The van der Waals surface area contributed by atoms with Gasteiger partial charge in [0.15, 0.2) is 0 Å². The number of hydrogen-bond donors (Lipinski definition) is 1. The summed E-state index contributed by atoms with van der Waals surface area (Å²) in [4.78, 5) is 0. The van der Waals surface area contributed by atoms with Crippen LogP contribution in [-0.4, -0.2) is 33.7 Å². The Kier molecular flexibility index (Phi) is 3.99. The van der Waals surface area contributed by atoms with Crippen molar-refractivity contribution in [3.05, 3.63) is 16.4 Å². The molecule has 0 spiro atoms. The van der Waals surface area contributed by atoms with E-state index >= 15 is 0 Å². The lowest BCUT2D eigenvalue weighted by molar-refractivity contribution is -0.0765. The number of rotatable bonds is 4. The molecule has 0 fully saturated rings. The van der Waals surface area contributed by atoms with E-state index in [9.17, 15) is 5.11 Å². The molecule has 1 N–H and O–H groups in total. The first kappa shape index (κ1) is 13.5. The van der Waals surface area contributed by atoms with Crippen molar-refractivity contribution in [2.24, 2.45) is 7.05 Å². The zero-order valence-corrected chi connectivity index (χ0v) is 11.2. The predicted molar refractivity (Wildman–Crippen MR) is 63.8 cm³/mol. The van der Waals surface area contributed by atoms with Crippen LogP contribution in [0.4, 0.5) is 0 Å². The molecular formula is C11H19ClN2O2. The summed E-state index contributed by atoms with van der Waals surface area (Å²) in [6, 6.07) is 0. The molecular weight excluding hydrogens is 228 g/mol. The lowest BCUT2D eigenvalue weighted by atomic mass is 9.95. The number of aliphatic hydroxyl groups excluding tert-OH is 1. The van der Waals surface area contributed by atoms with Gasteiger partial charge >= 0.3 is 0 Å². The minimum absolute atomic E-state index is 0.444. The highest BCUT2D eigenvalue weighted by molar-refractivity contribution is 6.30. The van der Waals surface area contributed by atoms with Crippen LogP contribution in [0.3, 0.4) is 0 Å². The van der Waals surface area contributed by atoms with Gasteiger partial charge in [-0.1, -0.05) is 11.6 Å². The minimum atomic E-state index is -0.613. The molecule has 0 saturated heterocycles. The molecule has 1 heterocycles. The van der Waals surface area contributed by atoms with Gasteiger partial charge in [0.05, 0.1) is 17.4 Å². The van der Waals surface area contributed by atoms with E-state index in [4.69, 9.17) is 16.3 Å². The molecule has 4 nitrogen and oxygen atoms in total. The Hall–Kier alpha value is -0.580. The fraction of sp³-hybridized carbons (Fsp3) is 0.727. The van der Waals surface area contributed by atoms with Gasteiger partial charge in [-0.15, -0.1) is 0 Å². The maximum Gasteiger partial charge on any atom is 0.130 e. The average molecular weight is 247 g/mol. The Balaban J connectivity index is 2.89. The lowest BCUT2D eigenvalue weighted by Crippen LogP contribution is -2.39. The zero-order chi connectivity index (χ0) is 12.5. The third kappa shape index (κ3) is 2.56. The molecule has 0 radical (unpaired) electrons. The third-order valence-corrected chi connectivity index (χ3v) is 3.47. The van der Waals surface area contributed by atoms with E-state index in [2.05, 4.69) is 5.10 Å². The van der Waals surface area contributed by atoms with Crippen molar-refractivity contribution in [1.82, 2.24) is 9.78 Å². The number of halogens is 1. The second-order valence-corrected chi connectivity index (χ2v) is 4.86. The van der Waals surface area contributed by atoms with Gasteiger partial charge in [0, 0.05) is 26.1 Å². The van der Waals surface area contributed by atoms with E-state index in [1.165, 1.54) is 0 Å². The van der Waals surface area contributed by atoms with Crippen molar-refractivity contribution in [3.8, 4) is 0 Å². The Morgan fingerprint density at radius 3 is 2.50 bits per heavy atom. The van der Waals surface area contributed by atoms with E-state index in [0.717, 1.165) is 11.3 Å². The molecule has 0 bridgehead atoms. The predicted octanol–water partition coefficient (Wildman–Crippen LogP) is 1.71. The number of aliphatic hydroxyl groups is 1. The molecule has 1 aromatic heterocycles. The number of aromatic nitrogens is 2. The fourth-order valence-electron chi connectivity index (χ4n) is 1.48. The second kappa shape index (κ2) is 4.73. The molecule has 1 unspecified atom stereocenters. The van der Waals surface area contributed by atoms with Crippen molar-refractivity contribution < 1.29 is 9.84 Å². The zero-order valence-electron chi connectivity index (χ0n) is 10.4. The Morgan fingerprint density at radius 1 is 1.56 bits per heavy atom. The topological polar surface area (TPSA) is 47.3 Å². The molecule has 0 amide bonds. The van der Waals surface area contributed by atoms with Gasteiger partial charge in [-0.3, -0.25) is 4.68 Å². The van der Waals surface area contributed by atoms with Gasteiger partial charge in [0.2, 0.25) is 0 Å². The minimum Gasteiger partial charge on any atom is -0.390 e. The van der Waals surface area contributed by atoms with Crippen molar-refractivity contribution in [2.45, 2.75) is 38.9 Å². The molecule has 0 aromatic carbocycles. The summed E-state index contributed by atoms with van der Waals surface area (Å²) in [5.74, 6) is 0. The van der Waals surface area contributed by atoms with Crippen molar-refractivity contribution in [1.29, 1.82) is 0 Å². The van der Waals surface area contributed by atoms with Gasteiger partial charge in [-0.2, -0.15) is 5.10 Å². The van der Waals surface area contributed by atoms with Crippen molar-refractivity contribution in [3.63, 3.8) is 0 Å². The first-order chi connectivity index (χ1) is 7.29. The van der Waals surface area contributed by atoms with E-state index in [0.29, 0.717) is 11.6 Å². The molecule has 1 rings (SSSR count). The van der Waals surface area contributed by atoms with Crippen LogP contribution < -0.4 is 0 Å². The maximum atomic E-state index is 10.1. The van der Waals surface area contributed by atoms with Gasteiger partial charge in [-0.25, -0.2) is 0 Å². The summed E-state index contributed by atoms with van der Waals surface area (Å²) in [5.41, 5.74) is 1.13.